The monoisotopic (exact) mass is 392 g/mol. The molecule has 138 valence electrons. The molecule has 0 amide bonds. The van der Waals surface area contributed by atoms with Gasteiger partial charge in [0.2, 0.25) is 0 Å². The Bertz CT molecular complexity index is 1260. The summed E-state index contributed by atoms with van der Waals surface area (Å²) in [6.07, 6.45) is 3.73. The van der Waals surface area contributed by atoms with Crippen molar-refractivity contribution in [2.45, 2.75) is 6.10 Å². The first kappa shape index (κ1) is 17.4. The molecule has 2 heterocycles. The van der Waals surface area contributed by atoms with Crippen molar-refractivity contribution in [3.63, 3.8) is 0 Å². The largest absolute Gasteiger partial charge is 0.480 e. The summed E-state index contributed by atoms with van der Waals surface area (Å²) in [5.41, 5.74) is 4.44. The fraction of sp³-hybridized carbons (Fsp3) is 0.0400. The molecule has 0 aliphatic carbocycles. The van der Waals surface area contributed by atoms with Gasteiger partial charge in [0.25, 0.3) is 0 Å². The maximum atomic E-state index is 9.87. The fourth-order valence-corrected chi connectivity index (χ4v) is 4.39. The highest BCUT2D eigenvalue weighted by Gasteiger charge is 2.24. The summed E-state index contributed by atoms with van der Waals surface area (Å²) in [6, 6.07) is 28.3. The first-order valence-corrected chi connectivity index (χ1v) is 10.1. The summed E-state index contributed by atoms with van der Waals surface area (Å²) in [5, 5.41) is 10.6. The van der Waals surface area contributed by atoms with Crippen LogP contribution < -0.4 is 4.74 Å². The van der Waals surface area contributed by atoms with Gasteiger partial charge in [0.05, 0.1) is 15.8 Å². The number of thiazole rings is 1. The molecule has 4 aromatic rings. The lowest BCUT2D eigenvalue weighted by Crippen LogP contribution is -2.14. The number of para-hydroxylation sites is 2. The van der Waals surface area contributed by atoms with Gasteiger partial charge < -0.3 is 4.74 Å². The Morgan fingerprint density at radius 3 is 2.55 bits per heavy atom. The summed E-state index contributed by atoms with van der Waals surface area (Å²) in [5.74, 6) is 0.844. The van der Waals surface area contributed by atoms with Crippen molar-refractivity contribution in [1.29, 1.82) is 5.26 Å². The van der Waals surface area contributed by atoms with Crippen molar-refractivity contribution >= 4 is 33.2 Å². The summed E-state index contributed by atoms with van der Waals surface area (Å²) >= 11 is 1.53. The smallest absolute Gasteiger partial charge is 0.149 e. The molecule has 0 N–H and O–H groups in total. The Hall–Kier alpha value is -3.68. The van der Waals surface area contributed by atoms with E-state index < -0.39 is 0 Å². The highest BCUT2D eigenvalue weighted by Crippen LogP contribution is 2.39. The van der Waals surface area contributed by atoms with Crippen LogP contribution in [0.2, 0.25) is 0 Å². The summed E-state index contributed by atoms with van der Waals surface area (Å²) in [6.45, 7) is 0. The molecule has 0 spiro atoms. The first-order chi connectivity index (χ1) is 14.3. The van der Waals surface area contributed by atoms with E-state index in [4.69, 9.17) is 4.74 Å². The third-order valence-electron chi connectivity index (χ3n) is 4.85. The summed E-state index contributed by atoms with van der Waals surface area (Å²) in [7, 11) is 0. The molecule has 1 unspecified atom stereocenters. The molecule has 1 aliphatic rings. The maximum Gasteiger partial charge on any atom is 0.149 e. The second-order valence-electron chi connectivity index (χ2n) is 6.75. The normalized spacial score (nSPS) is 15.9. The number of ether oxygens (including phenoxy) is 1. The number of rotatable bonds is 3. The Labute approximate surface area is 172 Å². The zero-order valence-electron chi connectivity index (χ0n) is 15.4. The van der Waals surface area contributed by atoms with E-state index in [0.29, 0.717) is 5.57 Å². The molecule has 3 aromatic carbocycles. The highest BCUT2D eigenvalue weighted by molar-refractivity contribution is 7.19. The molecule has 4 heteroatoms. The van der Waals surface area contributed by atoms with Crippen molar-refractivity contribution in [3.8, 4) is 11.8 Å². The number of nitrogens with zero attached hydrogens (tertiary/aromatic N) is 2. The number of benzene rings is 3. The zero-order valence-corrected chi connectivity index (χ0v) is 16.3. The first-order valence-electron chi connectivity index (χ1n) is 9.32. The van der Waals surface area contributed by atoms with Crippen LogP contribution in [0.15, 0.2) is 90.5 Å². The van der Waals surface area contributed by atoms with Crippen molar-refractivity contribution in [2.24, 2.45) is 0 Å². The van der Waals surface area contributed by atoms with E-state index in [1.165, 1.54) is 11.3 Å². The minimum atomic E-state index is -0.274. The number of aromatic nitrogens is 1. The standard InChI is InChI=1S/C25H16N2OS/c26-16-20(25-27-21-11-5-7-13-23(21)29-25)15-19-14-18-10-4-6-12-22(18)28-24(19)17-8-2-1-3-9-17/h1-15,24H/b20-15+. The van der Waals surface area contributed by atoms with Gasteiger partial charge in [0, 0.05) is 5.56 Å². The van der Waals surface area contributed by atoms with Crippen LogP contribution in [0.4, 0.5) is 0 Å². The lowest BCUT2D eigenvalue weighted by Gasteiger charge is -2.26. The maximum absolute atomic E-state index is 9.87. The van der Waals surface area contributed by atoms with E-state index in [-0.39, 0.29) is 6.10 Å². The average molecular weight is 392 g/mol. The Morgan fingerprint density at radius 1 is 0.966 bits per heavy atom. The van der Waals surface area contributed by atoms with E-state index in [1.807, 2.05) is 84.9 Å². The SMILES string of the molecule is N#C/C(=C\C1=Cc2ccccc2OC1c1ccccc1)c1nc2ccccc2s1. The molecule has 3 nitrogen and oxygen atoms in total. The van der Waals surface area contributed by atoms with E-state index in [2.05, 4.69) is 17.1 Å². The number of hydrogen-bond donors (Lipinski definition) is 0. The van der Waals surface area contributed by atoms with Crippen molar-refractivity contribution < 1.29 is 4.74 Å². The number of hydrogen-bond acceptors (Lipinski definition) is 4. The van der Waals surface area contributed by atoms with E-state index in [1.54, 1.807) is 0 Å². The number of fused-ring (bicyclic) bond motifs is 2. The van der Waals surface area contributed by atoms with Gasteiger partial charge in [-0.05, 0) is 41.5 Å². The van der Waals surface area contributed by atoms with Crippen LogP contribution in [-0.2, 0) is 0 Å². The van der Waals surface area contributed by atoms with Gasteiger partial charge in [-0.1, -0.05) is 60.7 Å². The minimum Gasteiger partial charge on any atom is -0.480 e. The molecule has 0 radical (unpaired) electrons. The van der Waals surface area contributed by atoms with Gasteiger partial charge in [-0.3, -0.25) is 0 Å². The van der Waals surface area contributed by atoms with Crippen molar-refractivity contribution in [1.82, 2.24) is 4.98 Å². The molecule has 0 bridgehead atoms. The van der Waals surface area contributed by atoms with Gasteiger partial charge in [-0.25, -0.2) is 4.98 Å². The Morgan fingerprint density at radius 2 is 1.72 bits per heavy atom. The van der Waals surface area contributed by atoms with E-state index in [0.717, 1.165) is 37.7 Å². The molecule has 1 aliphatic heterocycles. The molecular formula is C25H16N2OS. The third kappa shape index (κ3) is 3.33. The second kappa shape index (κ2) is 7.38. The number of nitriles is 1. The molecule has 0 fully saturated rings. The van der Waals surface area contributed by atoms with Crippen LogP contribution in [0, 0.1) is 11.3 Å². The van der Waals surface area contributed by atoms with Gasteiger partial charge in [-0.2, -0.15) is 5.26 Å². The van der Waals surface area contributed by atoms with E-state index in [9.17, 15) is 5.26 Å². The molecule has 0 saturated heterocycles. The highest BCUT2D eigenvalue weighted by atomic mass is 32.1. The van der Waals surface area contributed by atoms with Crippen LogP contribution >= 0.6 is 11.3 Å². The molecule has 1 atom stereocenters. The lowest BCUT2D eigenvalue weighted by molar-refractivity contribution is 0.243. The summed E-state index contributed by atoms with van der Waals surface area (Å²) < 4.78 is 7.40. The van der Waals surface area contributed by atoms with Crippen LogP contribution in [0.1, 0.15) is 22.2 Å². The van der Waals surface area contributed by atoms with E-state index >= 15 is 0 Å². The third-order valence-corrected chi connectivity index (χ3v) is 5.92. The van der Waals surface area contributed by atoms with Gasteiger partial charge >= 0.3 is 0 Å². The fourth-order valence-electron chi connectivity index (χ4n) is 3.46. The molecule has 1 aromatic heterocycles. The molecular weight excluding hydrogens is 376 g/mol. The second-order valence-corrected chi connectivity index (χ2v) is 7.78. The van der Waals surface area contributed by atoms with Crippen LogP contribution in [0.3, 0.4) is 0 Å². The zero-order chi connectivity index (χ0) is 19.6. The van der Waals surface area contributed by atoms with Crippen LogP contribution in [-0.4, -0.2) is 4.98 Å². The molecule has 29 heavy (non-hydrogen) atoms. The quantitative estimate of drug-likeness (QED) is 0.378. The van der Waals surface area contributed by atoms with Crippen LogP contribution in [0.25, 0.3) is 21.9 Å². The van der Waals surface area contributed by atoms with Crippen LogP contribution in [0.5, 0.6) is 5.75 Å². The number of allylic oxidation sites excluding steroid dienone is 1. The predicted molar refractivity (Wildman–Crippen MR) is 117 cm³/mol. The van der Waals surface area contributed by atoms with Gasteiger partial charge in [0.15, 0.2) is 0 Å². The Balaban J connectivity index is 1.63. The predicted octanol–water partition coefficient (Wildman–Crippen LogP) is 6.42. The summed E-state index contributed by atoms with van der Waals surface area (Å²) in [4.78, 5) is 4.65. The lowest BCUT2D eigenvalue weighted by atomic mass is 9.94. The molecule has 5 rings (SSSR count). The Kier molecular flexibility index (Phi) is 4.44. The van der Waals surface area contributed by atoms with Gasteiger partial charge in [0.1, 0.15) is 22.9 Å². The minimum absolute atomic E-state index is 0.274. The topological polar surface area (TPSA) is 45.9 Å². The average Bonchev–Trinajstić information content (AvgIpc) is 3.21. The van der Waals surface area contributed by atoms with Gasteiger partial charge in [-0.15, -0.1) is 11.3 Å². The van der Waals surface area contributed by atoms with Crippen molar-refractivity contribution in [2.75, 3.05) is 0 Å². The van der Waals surface area contributed by atoms with Crippen molar-refractivity contribution in [3.05, 3.63) is 107 Å². The molecule has 0 saturated carbocycles.